The second-order valence-electron chi connectivity index (χ2n) is 4.39. The smallest absolute Gasteiger partial charge is 0.336 e. The summed E-state index contributed by atoms with van der Waals surface area (Å²) in [6, 6.07) is 9.09. The molecule has 0 aromatic heterocycles. The standard InChI is InChI=1S/C15H11Cl2NO3/c1-8-6-12(17)13(7-11(8)16)18-14(19)9-4-2-3-5-10(9)15(20)21/h2-7H,1H3,(H,18,19)(H,20,21). The number of aromatic carboxylic acids is 1. The van der Waals surface area contributed by atoms with E-state index in [0.29, 0.717) is 15.7 Å². The normalized spacial score (nSPS) is 10.2. The van der Waals surface area contributed by atoms with Gasteiger partial charge in [0.15, 0.2) is 0 Å². The number of anilines is 1. The molecule has 0 radical (unpaired) electrons. The van der Waals surface area contributed by atoms with Crippen LogP contribution in [0.3, 0.4) is 0 Å². The van der Waals surface area contributed by atoms with Crippen molar-refractivity contribution in [1.82, 2.24) is 0 Å². The first-order chi connectivity index (χ1) is 9.90. The van der Waals surface area contributed by atoms with Crippen LogP contribution in [-0.2, 0) is 0 Å². The van der Waals surface area contributed by atoms with Crippen LogP contribution in [0.15, 0.2) is 36.4 Å². The molecule has 2 aromatic rings. The van der Waals surface area contributed by atoms with Crippen molar-refractivity contribution in [3.63, 3.8) is 0 Å². The molecule has 0 heterocycles. The van der Waals surface area contributed by atoms with Crippen LogP contribution in [0, 0.1) is 6.92 Å². The van der Waals surface area contributed by atoms with E-state index in [0.717, 1.165) is 5.56 Å². The van der Waals surface area contributed by atoms with E-state index in [1.54, 1.807) is 25.1 Å². The van der Waals surface area contributed by atoms with E-state index in [1.807, 2.05) is 0 Å². The van der Waals surface area contributed by atoms with Crippen molar-refractivity contribution in [2.24, 2.45) is 0 Å². The lowest BCUT2D eigenvalue weighted by molar-refractivity contribution is 0.0692. The molecular weight excluding hydrogens is 313 g/mol. The van der Waals surface area contributed by atoms with E-state index in [9.17, 15) is 9.59 Å². The zero-order valence-corrected chi connectivity index (χ0v) is 12.5. The highest BCUT2D eigenvalue weighted by Gasteiger charge is 2.17. The van der Waals surface area contributed by atoms with Gasteiger partial charge < -0.3 is 10.4 Å². The molecule has 6 heteroatoms. The zero-order chi connectivity index (χ0) is 15.6. The summed E-state index contributed by atoms with van der Waals surface area (Å²) in [5.41, 5.74) is 1.09. The van der Waals surface area contributed by atoms with Crippen LogP contribution in [-0.4, -0.2) is 17.0 Å². The third-order valence-electron chi connectivity index (χ3n) is 2.90. The highest BCUT2D eigenvalue weighted by molar-refractivity contribution is 6.36. The van der Waals surface area contributed by atoms with Gasteiger partial charge in [0, 0.05) is 5.02 Å². The zero-order valence-electron chi connectivity index (χ0n) is 11.0. The molecule has 0 saturated heterocycles. The average Bonchev–Trinajstić information content (AvgIpc) is 2.44. The van der Waals surface area contributed by atoms with Crippen LogP contribution in [0.5, 0.6) is 0 Å². The number of benzene rings is 2. The first-order valence-corrected chi connectivity index (χ1v) is 6.75. The highest BCUT2D eigenvalue weighted by atomic mass is 35.5. The summed E-state index contributed by atoms with van der Waals surface area (Å²) >= 11 is 12.0. The van der Waals surface area contributed by atoms with E-state index < -0.39 is 11.9 Å². The van der Waals surface area contributed by atoms with Gasteiger partial charge in [-0.05, 0) is 36.8 Å². The number of hydrogen-bond donors (Lipinski definition) is 2. The van der Waals surface area contributed by atoms with Crippen LogP contribution < -0.4 is 5.32 Å². The molecular formula is C15H11Cl2NO3. The Morgan fingerprint density at radius 2 is 1.67 bits per heavy atom. The Morgan fingerprint density at radius 3 is 2.29 bits per heavy atom. The van der Waals surface area contributed by atoms with Gasteiger partial charge in [0.25, 0.3) is 5.91 Å². The second kappa shape index (κ2) is 6.16. The number of rotatable bonds is 3. The van der Waals surface area contributed by atoms with Gasteiger partial charge in [-0.15, -0.1) is 0 Å². The van der Waals surface area contributed by atoms with Crippen molar-refractivity contribution >= 4 is 40.8 Å². The third-order valence-corrected chi connectivity index (χ3v) is 3.62. The molecule has 0 spiro atoms. The maximum atomic E-state index is 12.2. The van der Waals surface area contributed by atoms with Gasteiger partial charge in [-0.25, -0.2) is 4.79 Å². The molecule has 108 valence electrons. The SMILES string of the molecule is Cc1cc(Cl)c(NC(=O)c2ccccc2C(=O)O)cc1Cl. The fourth-order valence-corrected chi connectivity index (χ4v) is 2.23. The monoisotopic (exact) mass is 323 g/mol. The Labute approximate surface area is 131 Å². The second-order valence-corrected chi connectivity index (χ2v) is 5.20. The van der Waals surface area contributed by atoms with Crippen molar-refractivity contribution in [2.75, 3.05) is 5.32 Å². The Kier molecular flexibility index (Phi) is 4.50. The molecule has 0 aliphatic carbocycles. The number of hydrogen-bond acceptors (Lipinski definition) is 2. The largest absolute Gasteiger partial charge is 0.478 e. The van der Waals surface area contributed by atoms with Gasteiger partial charge in [-0.3, -0.25) is 4.79 Å². The van der Waals surface area contributed by atoms with Gasteiger partial charge in [0.1, 0.15) is 0 Å². The maximum Gasteiger partial charge on any atom is 0.336 e. The van der Waals surface area contributed by atoms with Crippen LogP contribution >= 0.6 is 23.2 Å². The molecule has 0 bridgehead atoms. The Balaban J connectivity index is 2.35. The molecule has 1 amide bonds. The fraction of sp³-hybridized carbons (Fsp3) is 0.0667. The first-order valence-electron chi connectivity index (χ1n) is 5.99. The summed E-state index contributed by atoms with van der Waals surface area (Å²) in [4.78, 5) is 23.3. The van der Waals surface area contributed by atoms with Gasteiger partial charge in [0.2, 0.25) is 0 Å². The number of amides is 1. The van der Waals surface area contributed by atoms with Crippen LogP contribution in [0.1, 0.15) is 26.3 Å². The number of carbonyl (C=O) groups excluding carboxylic acids is 1. The Bertz CT molecular complexity index is 729. The Morgan fingerprint density at radius 1 is 1.05 bits per heavy atom. The molecule has 0 fully saturated rings. The molecule has 2 N–H and O–H groups in total. The summed E-state index contributed by atoms with van der Waals surface area (Å²) in [6.45, 7) is 1.79. The maximum absolute atomic E-state index is 12.2. The number of halogens is 2. The molecule has 0 saturated carbocycles. The van der Waals surface area contributed by atoms with E-state index in [4.69, 9.17) is 28.3 Å². The van der Waals surface area contributed by atoms with Crippen LogP contribution in [0.4, 0.5) is 5.69 Å². The highest BCUT2D eigenvalue weighted by Crippen LogP contribution is 2.29. The minimum Gasteiger partial charge on any atom is -0.478 e. The summed E-state index contributed by atoms with van der Waals surface area (Å²) in [5, 5.41) is 12.5. The van der Waals surface area contributed by atoms with E-state index in [-0.39, 0.29) is 11.1 Å². The number of carboxylic acids is 1. The lowest BCUT2D eigenvalue weighted by Gasteiger charge is -2.10. The summed E-state index contributed by atoms with van der Waals surface area (Å²) in [5.74, 6) is -1.73. The van der Waals surface area contributed by atoms with Crippen molar-refractivity contribution in [3.8, 4) is 0 Å². The number of nitrogens with one attached hydrogen (secondary N) is 1. The quantitative estimate of drug-likeness (QED) is 0.887. The molecule has 0 atom stereocenters. The third kappa shape index (κ3) is 3.35. The van der Waals surface area contributed by atoms with Gasteiger partial charge >= 0.3 is 5.97 Å². The van der Waals surface area contributed by atoms with Gasteiger partial charge in [0.05, 0.1) is 21.8 Å². The summed E-state index contributed by atoms with van der Waals surface area (Å²) in [6.07, 6.45) is 0. The van der Waals surface area contributed by atoms with Crippen molar-refractivity contribution < 1.29 is 14.7 Å². The summed E-state index contributed by atoms with van der Waals surface area (Å²) < 4.78 is 0. The molecule has 0 aliphatic heterocycles. The fourth-order valence-electron chi connectivity index (χ4n) is 1.80. The molecule has 0 unspecified atom stereocenters. The molecule has 2 rings (SSSR count). The molecule has 4 nitrogen and oxygen atoms in total. The first kappa shape index (κ1) is 15.4. The van der Waals surface area contributed by atoms with Crippen molar-refractivity contribution in [3.05, 3.63) is 63.1 Å². The minimum absolute atomic E-state index is 0.0535. The lowest BCUT2D eigenvalue weighted by atomic mass is 10.1. The number of aryl methyl sites for hydroxylation is 1. The van der Waals surface area contributed by atoms with Crippen molar-refractivity contribution in [2.45, 2.75) is 6.92 Å². The van der Waals surface area contributed by atoms with Crippen LogP contribution in [0.25, 0.3) is 0 Å². The van der Waals surface area contributed by atoms with Gasteiger partial charge in [-0.1, -0.05) is 35.3 Å². The predicted molar refractivity (Wildman–Crippen MR) is 82.6 cm³/mol. The van der Waals surface area contributed by atoms with E-state index in [1.165, 1.54) is 18.2 Å². The van der Waals surface area contributed by atoms with Crippen LogP contribution in [0.2, 0.25) is 10.0 Å². The van der Waals surface area contributed by atoms with E-state index in [2.05, 4.69) is 5.32 Å². The Hall–Kier alpha value is -2.04. The molecule has 0 aliphatic rings. The summed E-state index contributed by atoms with van der Waals surface area (Å²) in [7, 11) is 0. The van der Waals surface area contributed by atoms with E-state index >= 15 is 0 Å². The number of carbonyl (C=O) groups is 2. The minimum atomic E-state index is -1.17. The van der Waals surface area contributed by atoms with Gasteiger partial charge in [-0.2, -0.15) is 0 Å². The topological polar surface area (TPSA) is 66.4 Å². The predicted octanol–water partition coefficient (Wildman–Crippen LogP) is 4.25. The number of carboxylic acid groups (broad SMARTS) is 1. The van der Waals surface area contributed by atoms with Crippen molar-refractivity contribution in [1.29, 1.82) is 0 Å². The average molecular weight is 324 g/mol. The molecule has 2 aromatic carbocycles. The lowest BCUT2D eigenvalue weighted by Crippen LogP contribution is -2.16. The molecule has 21 heavy (non-hydrogen) atoms.